The fraction of sp³-hybridized carbons (Fsp3) is 0.292. The number of rotatable bonds is 8. The lowest BCUT2D eigenvalue weighted by atomic mass is 10.1. The summed E-state index contributed by atoms with van der Waals surface area (Å²) >= 11 is 0. The van der Waals surface area contributed by atoms with Gasteiger partial charge in [0.1, 0.15) is 0 Å². The smallest absolute Gasteiger partial charge is 0.306 e. The maximum Gasteiger partial charge on any atom is 0.306 e. The molecule has 2 aromatic carbocycles. The Labute approximate surface area is 186 Å². The highest BCUT2D eigenvalue weighted by atomic mass is 16.5. The van der Waals surface area contributed by atoms with Crippen molar-refractivity contribution in [1.82, 2.24) is 9.78 Å². The Hall–Kier alpha value is -3.81. The number of phenols is 1. The molecule has 0 unspecified atom stereocenters. The summed E-state index contributed by atoms with van der Waals surface area (Å²) in [7, 11) is 1.47. The SMILES string of the molecule is COc1ccc(CCC(=O)OCC(=O)Nc2c(C)nn(-c3ccc(C)cc3)c2C)cc1O. The number of hydrogen-bond acceptors (Lipinski definition) is 6. The van der Waals surface area contributed by atoms with Gasteiger partial charge in [0.15, 0.2) is 18.1 Å². The van der Waals surface area contributed by atoms with Gasteiger partial charge in [0.2, 0.25) is 0 Å². The molecule has 168 valence electrons. The summed E-state index contributed by atoms with van der Waals surface area (Å²) < 4.78 is 11.9. The van der Waals surface area contributed by atoms with Crippen LogP contribution in [0.5, 0.6) is 11.5 Å². The number of methoxy groups -OCH3 is 1. The topological polar surface area (TPSA) is 103 Å². The van der Waals surface area contributed by atoms with Crippen molar-refractivity contribution in [2.75, 3.05) is 19.0 Å². The average Bonchev–Trinajstić information content (AvgIpc) is 3.05. The van der Waals surface area contributed by atoms with Crippen LogP contribution in [0.4, 0.5) is 5.69 Å². The number of nitrogens with zero attached hydrogens (tertiary/aromatic N) is 2. The molecule has 8 nitrogen and oxygen atoms in total. The van der Waals surface area contributed by atoms with Crippen molar-refractivity contribution >= 4 is 17.6 Å². The zero-order valence-electron chi connectivity index (χ0n) is 18.6. The Kier molecular flexibility index (Phi) is 7.14. The highest BCUT2D eigenvalue weighted by Crippen LogP contribution is 2.27. The highest BCUT2D eigenvalue weighted by molar-refractivity contribution is 5.94. The van der Waals surface area contributed by atoms with E-state index in [1.807, 2.05) is 45.0 Å². The number of aromatic hydroxyl groups is 1. The molecular formula is C24H27N3O5. The van der Waals surface area contributed by atoms with E-state index in [1.165, 1.54) is 13.2 Å². The van der Waals surface area contributed by atoms with E-state index in [-0.39, 0.29) is 18.8 Å². The van der Waals surface area contributed by atoms with Crippen molar-refractivity contribution in [3.05, 3.63) is 65.0 Å². The number of carbonyl (C=O) groups is 2. The highest BCUT2D eigenvalue weighted by Gasteiger charge is 2.16. The summed E-state index contributed by atoms with van der Waals surface area (Å²) in [5.74, 6) is -0.562. The molecule has 1 heterocycles. The van der Waals surface area contributed by atoms with E-state index in [4.69, 9.17) is 9.47 Å². The summed E-state index contributed by atoms with van der Waals surface area (Å²) in [4.78, 5) is 24.4. The Morgan fingerprint density at radius 3 is 2.47 bits per heavy atom. The number of hydrogen-bond donors (Lipinski definition) is 2. The number of amides is 1. The fourth-order valence-corrected chi connectivity index (χ4v) is 3.29. The molecule has 32 heavy (non-hydrogen) atoms. The van der Waals surface area contributed by atoms with Gasteiger partial charge < -0.3 is 19.9 Å². The number of esters is 1. The largest absolute Gasteiger partial charge is 0.504 e. The summed E-state index contributed by atoms with van der Waals surface area (Å²) in [5, 5.41) is 17.1. The average molecular weight is 437 g/mol. The van der Waals surface area contributed by atoms with Gasteiger partial charge in [-0.3, -0.25) is 9.59 Å². The molecule has 0 saturated carbocycles. The second-order valence-electron chi connectivity index (χ2n) is 7.51. The van der Waals surface area contributed by atoms with E-state index in [2.05, 4.69) is 10.4 Å². The lowest BCUT2D eigenvalue weighted by molar-refractivity contribution is -0.147. The predicted molar refractivity (Wildman–Crippen MR) is 120 cm³/mol. The standard InChI is InChI=1S/C24H27N3O5/c1-15-5-9-19(10-6-15)27-17(3)24(16(2)26-27)25-22(29)14-32-23(30)12-8-18-7-11-21(31-4)20(28)13-18/h5-7,9-11,13,28H,8,12,14H2,1-4H3,(H,25,29). The number of aryl methyl sites for hydroxylation is 3. The quantitative estimate of drug-likeness (QED) is 0.522. The van der Waals surface area contributed by atoms with Crippen LogP contribution in [0, 0.1) is 20.8 Å². The van der Waals surface area contributed by atoms with Crippen molar-refractivity contribution in [3.8, 4) is 17.2 Å². The van der Waals surface area contributed by atoms with Crippen LogP contribution in [0.25, 0.3) is 5.69 Å². The Morgan fingerprint density at radius 1 is 1.09 bits per heavy atom. The second kappa shape index (κ2) is 10.00. The van der Waals surface area contributed by atoms with Crippen LogP contribution in [0.15, 0.2) is 42.5 Å². The molecule has 0 spiro atoms. The number of phenolic OH excluding ortho intramolecular Hbond substituents is 1. The van der Waals surface area contributed by atoms with E-state index in [9.17, 15) is 14.7 Å². The van der Waals surface area contributed by atoms with E-state index >= 15 is 0 Å². The first-order valence-electron chi connectivity index (χ1n) is 10.2. The predicted octanol–water partition coefficient (Wildman–Crippen LogP) is 3.63. The number of nitrogens with one attached hydrogen (secondary N) is 1. The van der Waals surface area contributed by atoms with Crippen LogP contribution >= 0.6 is 0 Å². The molecule has 0 radical (unpaired) electrons. The first kappa shape index (κ1) is 22.9. The van der Waals surface area contributed by atoms with Crippen molar-refractivity contribution in [2.45, 2.75) is 33.6 Å². The molecule has 0 aliphatic rings. The van der Waals surface area contributed by atoms with Crippen LogP contribution in [0.2, 0.25) is 0 Å². The zero-order chi connectivity index (χ0) is 23.3. The summed E-state index contributed by atoms with van der Waals surface area (Å²) in [6, 6.07) is 12.8. The third-order valence-corrected chi connectivity index (χ3v) is 5.06. The normalized spacial score (nSPS) is 10.6. The van der Waals surface area contributed by atoms with Gasteiger partial charge in [0.05, 0.1) is 29.9 Å². The first-order chi connectivity index (χ1) is 15.3. The molecular weight excluding hydrogens is 410 g/mol. The fourth-order valence-electron chi connectivity index (χ4n) is 3.29. The third-order valence-electron chi connectivity index (χ3n) is 5.06. The molecule has 0 fully saturated rings. The minimum atomic E-state index is -0.501. The van der Waals surface area contributed by atoms with Gasteiger partial charge in [-0.15, -0.1) is 0 Å². The molecule has 3 rings (SSSR count). The molecule has 1 aromatic heterocycles. The van der Waals surface area contributed by atoms with E-state index < -0.39 is 11.9 Å². The Morgan fingerprint density at radius 2 is 1.81 bits per heavy atom. The van der Waals surface area contributed by atoms with Crippen LogP contribution < -0.4 is 10.1 Å². The van der Waals surface area contributed by atoms with Crippen molar-refractivity contribution in [1.29, 1.82) is 0 Å². The molecule has 0 bridgehead atoms. The summed E-state index contributed by atoms with van der Waals surface area (Å²) in [6.07, 6.45) is 0.460. The van der Waals surface area contributed by atoms with Gasteiger partial charge in [-0.2, -0.15) is 5.10 Å². The molecule has 1 amide bonds. The number of anilines is 1. The van der Waals surface area contributed by atoms with Crippen LogP contribution in [0.1, 0.15) is 28.9 Å². The number of carbonyl (C=O) groups excluding carboxylic acids is 2. The van der Waals surface area contributed by atoms with Gasteiger partial charge in [0.25, 0.3) is 5.91 Å². The second-order valence-corrected chi connectivity index (χ2v) is 7.51. The molecule has 3 aromatic rings. The number of aromatic nitrogens is 2. The maximum absolute atomic E-state index is 12.3. The molecule has 8 heteroatoms. The summed E-state index contributed by atoms with van der Waals surface area (Å²) in [5.41, 5.74) is 4.86. The van der Waals surface area contributed by atoms with Crippen molar-refractivity contribution in [2.24, 2.45) is 0 Å². The van der Waals surface area contributed by atoms with Gasteiger partial charge >= 0.3 is 5.97 Å². The minimum Gasteiger partial charge on any atom is -0.504 e. The molecule has 0 aliphatic heterocycles. The molecule has 2 N–H and O–H groups in total. The van der Waals surface area contributed by atoms with Gasteiger partial charge in [-0.1, -0.05) is 23.8 Å². The monoisotopic (exact) mass is 437 g/mol. The van der Waals surface area contributed by atoms with Gasteiger partial charge in [-0.05, 0) is 57.0 Å². The van der Waals surface area contributed by atoms with Crippen LogP contribution in [-0.2, 0) is 20.7 Å². The molecule has 0 aliphatic carbocycles. The van der Waals surface area contributed by atoms with Crippen molar-refractivity contribution in [3.63, 3.8) is 0 Å². The molecule has 0 atom stereocenters. The number of ether oxygens (including phenoxy) is 2. The zero-order valence-corrected chi connectivity index (χ0v) is 18.6. The lowest BCUT2D eigenvalue weighted by Gasteiger charge is -2.09. The van der Waals surface area contributed by atoms with Crippen LogP contribution in [-0.4, -0.2) is 40.5 Å². The Balaban J connectivity index is 1.53. The van der Waals surface area contributed by atoms with Crippen molar-refractivity contribution < 1.29 is 24.2 Å². The van der Waals surface area contributed by atoms with E-state index in [1.54, 1.807) is 16.8 Å². The van der Waals surface area contributed by atoms with E-state index in [0.29, 0.717) is 23.6 Å². The first-order valence-corrected chi connectivity index (χ1v) is 10.2. The number of benzene rings is 2. The van der Waals surface area contributed by atoms with Gasteiger partial charge in [0, 0.05) is 6.42 Å². The minimum absolute atomic E-state index is 0.00895. The maximum atomic E-state index is 12.3. The van der Waals surface area contributed by atoms with E-state index in [0.717, 1.165) is 22.5 Å². The summed E-state index contributed by atoms with van der Waals surface area (Å²) in [6.45, 7) is 5.30. The molecule has 0 saturated heterocycles. The lowest BCUT2D eigenvalue weighted by Crippen LogP contribution is -2.21. The Bertz CT molecular complexity index is 1120. The van der Waals surface area contributed by atoms with Crippen LogP contribution in [0.3, 0.4) is 0 Å². The van der Waals surface area contributed by atoms with Gasteiger partial charge in [-0.25, -0.2) is 4.68 Å². The third kappa shape index (κ3) is 5.46.